The number of piperazine rings is 1. The number of rotatable bonds is 5. The highest BCUT2D eigenvalue weighted by Gasteiger charge is 2.21. The van der Waals surface area contributed by atoms with E-state index < -0.39 is 0 Å². The van der Waals surface area contributed by atoms with Crippen LogP contribution in [-0.4, -0.2) is 59.6 Å². The highest BCUT2D eigenvalue weighted by molar-refractivity contribution is 6.41. The molecule has 0 saturated carbocycles. The fourth-order valence-electron chi connectivity index (χ4n) is 4.12. The van der Waals surface area contributed by atoms with Gasteiger partial charge in [0.05, 0.1) is 40.1 Å². The second kappa shape index (κ2) is 9.60. The molecule has 0 bridgehead atoms. The molecule has 2 aromatic carbocycles. The Balaban J connectivity index is 1.82. The number of hydrogen-bond donors (Lipinski definition) is 0. The van der Waals surface area contributed by atoms with Gasteiger partial charge in [0, 0.05) is 43.9 Å². The number of ether oxygens (including phenoxy) is 1. The number of halogens is 2. The number of nitriles is 1. The number of fused-ring (bicyclic) bond motifs is 1. The van der Waals surface area contributed by atoms with Gasteiger partial charge in [0.2, 0.25) is 0 Å². The maximum absolute atomic E-state index is 9.61. The molecule has 1 fully saturated rings. The van der Waals surface area contributed by atoms with Crippen molar-refractivity contribution in [1.29, 1.82) is 5.26 Å². The first-order valence-electron chi connectivity index (χ1n) is 10.6. The van der Waals surface area contributed by atoms with Crippen LogP contribution >= 0.6 is 23.2 Å². The van der Waals surface area contributed by atoms with E-state index in [2.05, 4.69) is 27.8 Å². The van der Waals surface area contributed by atoms with Crippen molar-refractivity contribution in [2.75, 3.05) is 39.8 Å². The Morgan fingerprint density at radius 2 is 1.81 bits per heavy atom. The van der Waals surface area contributed by atoms with Crippen LogP contribution in [0.5, 0.6) is 5.75 Å². The molecule has 0 N–H and O–H groups in total. The predicted octanol–water partition coefficient (Wildman–Crippen LogP) is 4.93. The molecule has 0 amide bonds. The van der Waals surface area contributed by atoms with Gasteiger partial charge in [-0.1, -0.05) is 36.2 Å². The zero-order valence-corrected chi connectivity index (χ0v) is 20.0. The van der Waals surface area contributed by atoms with Crippen LogP contribution in [0.1, 0.15) is 23.7 Å². The molecule has 0 unspecified atom stereocenters. The van der Waals surface area contributed by atoms with E-state index in [0.29, 0.717) is 44.5 Å². The average molecular weight is 470 g/mol. The van der Waals surface area contributed by atoms with Crippen molar-refractivity contribution in [3.8, 4) is 22.9 Å². The van der Waals surface area contributed by atoms with E-state index in [-0.39, 0.29) is 0 Å². The topological polar surface area (TPSA) is 65.3 Å². The number of nitrogens with zero attached hydrogens (tertiary/aromatic N) is 5. The van der Waals surface area contributed by atoms with Gasteiger partial charge in [0.1, 0.15) is 17.3 Å². The lowest BCUT2D eigenvalue weighted by molar-refractivity contribution is 0.131. The monoisotopic (exact) mass is 469 g/mol. The molecular weight excluding hydrogens is 445 g/mol. The summed E-state index contributed by atoms with van der Waals surface area (Å²) in [6.07, 6.45) is 1.76. The summed E-state index contributed by atoms with van der Waals surface area (Å²) in [6, 6.07) is 7.60. The first-order chi connectivity index (χ1) is 15.5. The standard InChI is InChI=1S/C24H25Cl2N5O/c1-4-30-7-9-31(10-8-30)14-17-13-28-23-16(12-27)5-6-18(24(23)29-17)20-21(25)15(2)11-19(32-3)22(20)26/h5-6,11,13H,4,7-10,14H2,1-3H3. The van der Waals surface area contributed by atoms with Gasteiger partial charge in [0.25, 0.3) is 0 Å². The van der Waals surface area contributed by atoms with Crippen molar-refractivity contribution in [2.45, 2.75) is 20.4 Å². The first-order valence-corrected chi connectivity index (χ1v) is 11.4. The normalized spacial score (nSPS) is 15.1. The van der Waals surface area contributed by atoms with E-state index in [1.807, 2.05) is 19.1 Å². The van der Waals surface area contributed by atoms with Crippen LogP contribution in [0.2, 0.25) is 10.0 Å². The minimum absolute atomic E-state index is 0.414. The average Bonchev–Trinajstić information content (AvgIpc) is 2.82. The summed E-state index contributed by atoms with van der Waals surface area (Å²) in [7, 11) is 1.57. The third kappa shape index (κ3) is 4.26. The van der Waals surface area contributed by atoms with Gasteiger partial charge < -0.3 is 9.64 Å². The fourth-order valence-corrected chi connectivity index (χ4v) is 4.75. The number of likely N-dealkylation sites (N-methyl/N-ethyl adjacent to an activating group) is 1. The van der Waals surface area contributed by atoms with Crippen molar-refractivity contribution in [3.05, 3.63) is 51.3 Å². The lowest BCUT2D eigenvalue weighted by Crippen LogP contribution is -2.45. The molecule has 1 aliphatic rings. The summed E-state index contributed by atoms with van der Waals surface area (Å²) >= 11 is 13.4. The van der Waals surface area contributed by atoms with Gasteiger partial charge in [-0.3, -0.25) is 9.88 Å². The molecule has 0 radical (unpaired) electrons. The number of hydrogen-bond acceptors (Lipinski definition) is 6. The Kier molecular flexibility index (Phi) is 6.82. The number of methoxy groups -OCH3 is 1. The predicted molar refractivity (Wildman–Crippen MR) is 128 cm³/mol. The zero-order valence-electron chi connectivity index (χ0n) is 18.5. The molecule has 32 heavy (non-hydrogen) atoms. The zero-order chi connectivity index (χ0) is 22.8. The van der Waals surface area contributed by atoms with E-state index in [0.717, 1.165) is 49.5 Å². The third-order valence-electron chi connectivity index (χ3n) is 6.01. The minimum Gasteiger partial charge on any atom is -0.495 e. The molecule has 8 heteroatoms. The summed E-state index contributed by atoms with van der Waals surface area (Å²) in [5, 5.41) is 10.6. The molecule has 1 aliphatic heterocycles. The first kappa shape index (κ1) is 22.8. The highest BCUT2D eigenvalue weighted by Crippen LogP contribution is 2.44. The second-order valence-corrected chi connectivity index (χ2v) is 8.70. The largest absolute Gasteiger partial charge is 0.495 e. The van der Waals surface area contributed by atoms with Crippen molar-refractivity contribution in [2.24, 2.45) is 0 Å². The molecule has 0 aliphatic carbocycles. The van der Waals surface area contributed by atoms with Crippen LogP contribution in [0.3, 0.4) is 0 Å². The van der Waals surface area contributed by atoms with E-state index >= 15 is 0 Å². The molecule has 0 spiro atoms. The molecule has 2 heterocycles. The molecule has 1 saturated heterocycles. The van der Waals surface area contributed by atoms with Gasteiger partial charge in [-0.05, 0) is 31.2 Å². The highest BCUT2D eigenvalue weighted by atomic mass is 35.5. The van der Waals surface area contributed by atoms with E-state index in [1.54, 1.807) is 19.4 Å². The van der Waals surface area contributed by atoms with E-state index in [4.69, 9.17) is 32.9 Å². The maximum atomic E-state index is 9.61. The Labute approximate surface area is 198 Å². The molecule has 0 atom stereocenters. The Hall–Kier alpha value is -2.43. The maximum Gasteiger partial charge on any atom is 0.138 e. The van der Waals surface area contributed by atoms with Crippen molar-refractivity contribution in [3.63, 3.8) is 0 Å². The smallest absolute Gasteiger partial charge is 0.138 e. The molecule has 6 nitrogen and oxygen atoms in total. The van der Waals surface area contributed by atoms with Gasteiger partial charge >= 0.3 is 0 Å². The minimum atomic E-state index is 0.414. The van der Waals surface area contributed by atoms with Crippen LogP contribution in [-0.2, 0) is 6.54 Å². The molecule has 1 aromatic heterocycles. The van der Waals surface area contributed by atoms with Crippen molar-refractivity contribution in [1.82, 2.24) is 19.8 Å². The SMILES string of the molecule is CCN1CCN(Cc2cnc3c(C#N)ccc(-c4c(Cl)c(C)cc(OC)c4Cl)c3n2)CC1. The van der Waals surface area contributed by atoms with Gasteiger partial charge in [-0.2, -0.15) is 5.26 Å². The summed E-state index contributed by atoms with van der Waals surface area (Å²) in [6.45, 7) is 9.96. The van der Waals surface area contributed by atoms with Crippen LogP contribution in [0.25, 0.3) is 22.2 Å². The summed E-state index contributed by atoms with van der Waals surface area (Å²) in [5.41, 5.74) is 4.70. The Morgan fingerprint density at radius 1 is 1.09 bits per heavy atom. The lowest BCUT2D eigenvalue weighted by atomic mass is 9.99. The molecule has 3 aromatic rings. The molecule has 4 rings (SSSR count). The summed E-state index contributed by atoms with van der Waals surface area (Å²) in [4.78, 5) is 14.4. The van der Waals surface area contributed by atoms with E-state index in [1.165, 1.54) is 0 Å². The third-order valence-corrected chi connectivity index (χ3v) is 6.87. The van der Waals surface area contributed by atoms with E-state index in [9.17, 15) is 5.26 Å². The number of aryl methyl sites for hydroxylation is 1. The number of benzene rings is 2. The quantitative estimate of drug-likeness (QED) is 0.527. The van der Waals surface area contributed by atoms with Crippen LogP contribution in [0, 0.1) is 18.3 Å². The molecule has 166 valence electrons. The van der Waals surface area contributed by atoms with Gasteiger partial charge in [0.15, 0.2) is 0 Å². The van der Waals surface area contributed by atoms with Crippen molar-refractivity contribution < 1.29 is 4.74 Å². The van der Waals surface area contributed by atoms with Crippen LogP contribution in [0.4, 0.5) is 0 Å². The van der Waals surface area contributed by atoms with Crippen LogP contribution < -0.4 is 4.74 Å². The second-order valence-electron chi connectivity index (χ2n) is 7.94. The Bertz CT molecular complexity index is 1200. The summed E-state index contributed by atoms with van der Waals surface area (Å²) < 4.78 is 5.45. The van der Waals surface area contributed by atoms with Crippen LogP contribution in [0.15, 0.2) is 24.4 Å². The fraction of sp³-hybridized carbons (Fsp3) is 0.375. The lowest BCUT2D eigenvalue weighted by Gasteiger charge is -2.33. The molecular formula is C24H25Cl2N5O. The summed E-state index contributed by atoms with van der Waals surface area (Å²) in [5.74, 6) is 0.541. The van der Waals surface area contributed by atoms with Gasteiger partial charge in [-0.15, -0.1) is 0 Å². The number of aromatic nitrogens is 2. The van der Waals surface area contributed by atoms with Gasteiger partial charge in [-0.25, -0.2) is 4.98 Å². The Morgan fingerprint density at radius 3 is 2.47 bits per heavy atom. The van der Waals surface area contributed by atoms with Crippen molar-refractivity contribution >= 4 is 34.2 Å².